The number of nitrogens with zero attached hydrogens (tertiary/aromatic N) is 1. The maximum absolute atomic E-state index is 12.4. The van der Waals surface area contributed by atoms with Crippen LogP contribution in [0.25, 0.3) is 0 Å². The van der Waals surface area contributed by atoms with E-state index in [9.17, 15) is 8.42 Å². The summed E-state index contributed by atoms with van der Waals surface area (Å²) in [6.45, 7) is 6.88. The standard InChI is InChI=1S/C14H20N2O2S/c1-11(2)10-16(3)19(17,18)13-6-7-14-12(9-13)5-4-8-15-14/h6-7,9,15H,1,4-5,8,10H2,2-3H3. The molecule has 0 fully saturated rings. The van der Waals surface area contributed by atoms with Crippen molar-refractivity contribution in [3.05, 3.63) is 35.9 Å². The zero-order chi connectivity index (χ0) is 14.0. The molecule has 0 atom stereocenters. The average Bonchev–Trinajstić information content (AvgIpc) is 2.37. The fourth-order valence-electron chi connectivity index (χ4n) is 2.26. The molecule has 1 aromatic rings. The largest absolute Gasteiger partial charge is 0.385 e. The van der Waals surface area contributed by atoms with Gasteiger partial charge in [0, 0.05) is 25.8 Å². The Morgan fingerprint density at radius 1 is 1.47 bits per heavy atom. The predicted octanol–water partition coefficient (Wildman–Crippen LogP) is 2.24. The molecule has 2 rings (SSSR count). The molecule has 4 nitrogen and oxygen atoms in total. The van der Waals surface area contributed by atoms with Crippen LogP contribution in [0.4, 0.5) is 5.69 Å². The topological polar surface area (TPSA) is 49.4 Å². The van der Waals surface area contributed by atoms with Crippen LogP contribution in [0.1, 0.15) is 18.9 Å². The maximum atomic E-state index is 12.4. The van der Waals surface area contributed by atoms with Crippen LogP contribution in [0.2, 0.25) is 0 Å². The number of rotatable bonds is 4. The van der Waals surface area contributed by atoms with Gasteiger partial charge < -0.3 is 5.32 Å². The van der Waals surface area contributed by atoms with Crippen molar-refractivity contribution in [2.24, 2.45) is 0 Å². The lowest BCUT2D eigenvalue weighted by atomic mass is 10.0. The summed E-state index contributed by atoms with van der Waals surface area (Å²) < 4.78 is 26.2. The number of anilines is 1. The van der Waals surface area contributed by atoms with Gasteiger partial charge in [-0.15, -0.1) is 0 Å². The summed E-state index contributed by atoms with van der Waals surface area (Å²) in [5.41, 5.74) is 2.95. The Balaban J connectivity index is 2.33. The molecule has 0 saturated carbocycles. The SMILES string of the molecule is C=C(C)CN(C)S(=O)(=O)c1ccc2c(c1)CCCN2. The van der Waals surface area contributed by atoms with Crippen molar-refractivity contribution in [1.82, 2.24) is 4.31 Å². The van der Waals surface area contributed by atoms with E-state index in [1.165, 1.54) is 4.31 Å². The van der Waals surface area contributed by atoms with E-state index in [0.29, 0.717) is 11.4 Å². The summed E-state index contributed by atoms with van der Waals surface area (Å²) in [6.07, 6.45) is 1.97. The first-order valence-electron chi connectivity index (χ1n) is 6.39. The summed E-state index contributed by atoms with van der Waals surface area (Å²) >= 11 is 0. The Hall–Kier alpha value is -1.33. The molecule has 0 unspecified atom stereocenters. The number of hydrogen-bond donors (Lipinski definition) is 1. The normalized spacial score (nSPS) is 14.9. The number of sulfonamides is 1. The first-order valence-corrected chi connectivity index (χ1v) is 7.83. The van der Waals surface area contributed by atoms with Crippen LogP contribution < -0.4 is 5.32 Å². The minimum atomic E-state index is -3.42. The molecule has 0 aromatic heterocycles. The minimum Gasteiger partial charge on any atom is -0.385 e. The molecule has 104 valence electrons. The van der Waals surface area contributed by atoms with Crippen LogP contribution >= 0.6 is 0 Å². The van der Waals surface area contributed by atoms with Crippen molar-refractivity contribution in [2.75, 3.05) is 25.5 Å². The van der Waals surface area contributed by atoms with Gasteiger partial charge in [0.15, 0.2) is 0 Å². The van der Waals surface area contributed by atoms with Crippen molar-refractivity contribution in [1.29, 1.82) is 0 Å². The van der Waals surface area contributed by atoms with E-state index in [2.05, 4.69) is 11.9 Å². The van der Waals surface area contributed by atoms with Gasteiger partial charge in [-0.2, -0.15) is 4.31 Å². The van der Waals surface area contributed by atoms with Crippen LogP contribution in [-0.2, 0) is 16.4 Å². The molecular formula is C14H20N2O2S. The summed E-state index contributed by atoms with van der Waals surface area (Å²) in [7, 11) is -1.84. The van der Waals surface area contributed by atoms with E-state index in [1.54, 1.807) is 19.2 Å². The molecule has 19 heavy (non-hydrogen) atoms. The van der Waals surface area contributed by atoms with Gasteiger partial charge in [-0.3, -0.25) is 0 Å². The first kappa shape index (κ1) is 14.1. The van der Waals surface area contributed by atoms with Crippen molar-refractivity contribution in [3.63, 3.8) is 0 Å². The van der Waals surface area contributed by atoms with E-state index in [1.807, 2.05) is 13.0 Å². The van der Waals surface area contributed by atoms with E-state index in [-0.39, 0.29) is 0 Å². The second-order valence-corrected chi connectivity index (χ2v) is 7.11. The third kappa shape index (κ3) is 2.98. The molecule has 5 heteroatoms. The summed E-state index contributed by atoms with van der Waals surface area (Å²) in [4.78, 5) is 0.360. The Kier molecular flexibility index (Phi) is 3.96. The lowest BCUT2D eigenvalue weighted by Gasteiger charge is -2.21. The number of aryl methyl sites for hydroxylation is 1. The Morgan fingerprint density at radius 2 is 2.21 bits per heavy atom. The molecule has 1 aromatic carbocycles. The van der Waals surface area contributed by atoms with Gasteiger partial charge in [0.05, 0.1) is 4.90 Å². The Labute approximate surface area is 115 Å². The van der Waals surface area contributed by atoms with Crippen molar-refractivity contribution in [2.45, 2.75) is 24.7 Å². The summed E-state index contributed by atoms with van der Waals surface area (Å²) in [6, 6.07) is 5.31. The van der Waals surface area contributed by atoms with E-state index < -0.39 is 10.0 Å². The zero-order valence-corrected chi connectivity index (χ0v) is 12.3. The van der Waals surface area contributed by atoms with Crippen LogP contribution in [0.15, 0.2) is 35.2 Å². The van der Waals surface area contributed by atoms with Crippen molar-refractivity contribution >= 4 is 15.7 Å². The maximum Gasteiger partial charge on any atom is 0.243 e. The molecule has 1 aliphatic rings. The first-order chi connectivity index (χ1) is 8.91. The van der Waals surface area contributed by atoms with E-state index in [0.717, 1.165) is 36.2 Å². The monoisotopic (exact) mass is 280 g/mol. The average molecular weight is 280 g/mol. The molecule has 1 heterocycles. The van der Waals surface area contributed by atoms with Crippen molar-refractivity contribution in [3.8, 4) is 0 Å². The molecular weight excluding hydrogens is 260 g/mol. The Morgan fingerprint density at radius 3 is 2.89 bits per heavy atom. The van der Waals surface area contributed by atoms with Gasteiger partial charge in [0.2, 0.25) is 10.0 Å². The molecule has 0 bridgehead atoms. The number of hydrogen-bond acceptors (Lipinski definition) is 3. The van der Waals surface area contributed by atoms with Gasteiger partial charge in [0.25, 0.3) is 0 Å². The quantitative estimate of drug-likeness (QED) is 0.861. The van der Waals surface area contributed by atoms with Crippen LogP contribution in [0.5, 0.6) is 0 Å². The fourth-order valence-corrected chi connectivity index (χ4v) is 3.54. The fraction of sp³-hybridized carbons (Fsp3) is 0.429. The number of benzene rings is 1. The highest BCUT2D eigenvalue weighted by Crippen LogP contribution is 2.26. The smallest absolute Gasteiger partial charge is 0.243 e. The number of likely N-dealkylation sites (N-methyl/N-ethyl adjacent to an activating group) is 1. The van der Waals surface area contributed by atoms with Gasteiger partial charge in [-0.1, -0.05) is 12.2 Å². The highest BCUT2D eigenvalue weighted by atomic mass is 32.2. The van der Waals surface area contributed by atoms with Gasteiger partial charge >= 0.3 is 0 Å². The molecule has 1 N–H and O–H groups in total. The molecule has 0 aliphatic carbocycles. The third-order valence-corrected chi connectivity index (χ3v) is 5.02. The molecule has 0 amide bonds. The van der Waals surface area contributed by atoms with Crippen LogP contribution in [-0.4, -0.2) is 32.9 Å². The lowest BCUT2D eigenvalue weighted by Crippen LogP contribution is -2.28. The van der Waals surface area contributed by atoms with Crippen LogP contribution in [0.3, 0.4) is 0 Å². The molecule has 0 spiro atoms. The van der Waals surface area contributed by atoms with Gasteiger partial charge in [-0.25, -0.2) is 8.42 Å². The second-order valence-electron chi connectivity index (χ2n) is 5.07. The molecule has 0 saturated heterocycles. The summed E-state index contributed by atoms with van der Waals surface area (Å²) in [5.74, 6) is 0. The predicted molar refractivity (Wildman–Crippen MR) is 77.9 cm³/mol. The highest BCUT2D eigenvalue weighted by Gasteiger charge is 2.22. The Bertz CT molecular complexity index is 593. The van der Waals surface area contributed by atoms with Crippen LogP contribution in [0, 0.1) is 0 Å². The van der Waals surface area contributed by atoms with Crippen molar-refractivity contribution < 1.29 is 8.42 Å². The van der Waals surface area contributed by atoms with E-state index >= 15 is 0 Å². The van der Waals surface area contributed by atoms with Gasteiger partial charge in [0.1, 0.15) is 0 Å². The molecule has 0 radical (unpaired) electrons. The minimum absolute atomic E-state index is 0.345. The third-order valence-electron chi connectivity index (χ3n) is 3.22. The number of fused-ring (bicyclic) bond motifs is 1. The van der Waals surface area contributed by atoms with Gasteiger partial charge in [-0.05, 0) is 43.5 Å². The summed E-state index contributed by atoms with van der Waals surface area (Å²) in [5, 5.41) is 3.28. The number of nitrogens with one attached hydrogen (secondary N) is 1. The zero-order valence-electron chi connectivity index (χ0n) is 11.4. The lowest BCUT2D eigenvalue weighted by molar-refractivity contribution is 0.493. The highest BCUT2D eigenvalue weighted by molar-refractivity contribution is 7.89. The van der Waals surface area contributed by atoms with E-state index in [4.69, 9.17) is 0 Å². The second kappa shape index (κ2) is 5.35. The molecule has 1 aliphatic heterocycles.